The van der Waals surface area contributed by atoms with E-state index in [2.05, 4.69) is 155 Å². The average molecular weight is 608 g/mol. The molecule has 0 bridgehead atoms. The van der Waals surface area contributed by atoms with Gasteiger partial charge in [-0.2, -0.15) is 0 Å². The molecule has 0 spiro atoms. The third kappa shape index (κ3) is 6.94. The minimum atomic E-state index is -0.0187. The molecule has 3 heteroatoms. The Morgan fingerprint density at radius 2 is 1.59 bits per heavy atom. The first-order chi connectivity index (χ1) is 22.2. The maximum Gasteiger partial charge on any atom is 0.0773 e. The maximum absolute atomic E-state index is 5.24. The number of rotatable bonds is 12. The highest BCUT2D eigenvalue weighted by Crippen LogP contribution is 2.42. The second-order valence-corrected chi connectivity index (χ2v) is 13.0. The number of likely N-dealkylation sites (N-methyl/N-ethyl adjacent to an activating group) is 1. The van der Waals surface area contributed by atoms with Crippen LogP contribution < -0.4 is 10.2 Å². The predicted octanol–water partition coefficient (Wildman–Crippen LogP) is 11.5. The van der Waals surface area contributed by atoms with E-state index in [1.54, 1.807) is 0 Å². The van der Waals surface area contributed by atoms with Gasteiger partial charge >= 0.3 is 0 Å². The van der Waals surface area contributed by atoms with Crippen LogP contribution in [0.3, 0.4) is 0 Å². The molecule has 0 saturated carbocycles. The number of anilines is 3. The fourth-order valence-corrected chi connectivity index (χ4v) is 6.69. The molecule has 1 aliphatic rings. The van der Waals surface area contributed by atoms with Crippen molar-refractivity contribution in [2.45, 2.75) is 64.8 Å². The van der Waals surface area contributed by atoms with E-state index in [-0.39, 0.29) is 12.0 Å². The van der Waals surface area contributed by atoms with Crippen molar-refractivity contribution in [3.05, 3.63) is 150 Å². The summed E-state index contributed by atoms with van der Waals surface area (Å²) in [5.74, 6) is 0.943. The first-order valence-corrected chi connectivity index (χ1v) is 16.6. The SMILES string of the molecule is C=CC1=NC(/C=C/CC(=C)/C=C\C)C(CN(C)c2ccc3ccccc3c2Nc2c(C(C)C)cccc2C(C)C)c2ccccc21. The Morgan fingerprint density at radius 1 is 0.891 bits per heavy atom. The molecule has 2 unspecified atom stereocenters. The molecule has 2 atom stereocenters. The van der Waals surface area contributed by atoms with Crippen LogP contribution in [0, 0.1) is 0 Å². The minimum absolute atomic E-state index is 0.0187. The lowest BCUT2D eigenvalue weighted by atomic mass is 9.83. The molecule has 236 valence electrons. The Morgan fingerprint density at radius 3 is 2.28 bits per heavy atom. The number of hydrogen-bond acceptors (Lipinski definition) is 3. The molecule has 0 aromatic heterocycles. The molecule has 5 rings (SSSR count). The van der Waals surface area contributed by atoms with Gasteiger partial charge in [-0.15, -0.1) is 0 Å². The van der Waals surface area contributed by atoms with Crippen molar-refractivity contribution < 1.29 is 0 Å². The molecule has 0 amide bonds. The second kappa shape index (κ2) is 14.6. The Kier molecular flexibility index (Phi) is 10.4. The predicted molar refractivity (Wildman–Crippen MR) is 203 cm³/mol. The lowest BCUT2D eigenvalue weighted by Gasteiger charge is -2.35. The molecule has 4 aromatic carbocycles. The highest BCUT2D eigenvalue weighted by atomic mass is 15.1. The minimum Gasteiger partial charge on any atom is -0.372 e. The maximum atomic E-state index is 5.24. The van der Waals surface area contributed by atoms with Crippen LogP contribution in [-0.4, -0.2) is 25.3 Å². The molecule has 3 nitrogen and oxygen atoms in total. The van der Waals surface area contributed by atoms with Gasteiger partial charge in [-0.25, -0.2) is 0 Å². The summed E-state index contributed by atoms with van der Waals surface area (Å²) in [7, 11) is 2.22. The summed E-state index contributed by atoms with van der Waals surface area (Å²) in [6.45, 7) is 20.2. The van der Waals surface area contributed by atoms with E-state index < -0.39 is 0 Å². The number of nitrogens with zero attached hydrogens (tertiary/aromatic N) is 2. The van der Waals surface area contributed by atoms with Gasteiger partial charge in [-0.1, -0.05) is 144 Å². The third-order valence-electron chi connectivity index (χ3n) is 9.06. The summed E-state index contributed by atoms with van der Waals surface area (Å²) in [5, 5.41) is 6.47. The van der Waals surface area contributed by atoms with Crippen molar-refractivity contribution in [3.63, 3.8) is 0 Å². The van der Waals surface area contributed by atoms with Gasteiger partial charge in [0.05, 0.1) is 23.1 Å². The van der Waals surface area contributed by atoms with E-state index in [4.69, 9.17) is 4.99 Å². The largest absolute Gasteiger partial charge is 0.372 e. The van der Waals surface area contributed by atoms with E-state index in [0.29, 0.717) is 11.8 Å². The number of nitrogens with one attached hydrogen (secondary N) is 1. The Bertz CT molecular complexity index is 1780. The van der Waals surface area contributed by atoms with Crippen LogP contribution in [0.25, 0.3) is 10.8 Å². The van der Waals surface area contributed by atoms with Gasteiger partial charge < -0.3 is 10.2 Å². The van der Waals surface area contributed by atoms with Gasteiger partial charge in [0.2, 0.25) is 0 Å². The smallest absolute Gasteiger partial charge is 0.0773 e. The Balaban J connectivity index is 1.59. The summed E-state index contributed by atoms with van der Waals surface area (Å²) in [6, 6.07) is 28.6. The summed E-state index contributed by atoms with van der Waals surface area (Å²) in [4.78, 5) is 7.65. The van der Waals surface area contributed by atoms with Crippen molar-refractivity contribution in [3.8, 4) is 0 Å². The molecule has 1 aliphatic heterocycles. The van der Waals surface area contributed by atoms with Crippen molar-refractivity contribution in [2.75, 3.05) is 23.8 Å². The van der Waals surface area contributed by atoms with Crippen LogP contribution in [0.15, 0.2) is 133 Å². The zero-order chi connectivity index (χ0) is 32.8. The van der Waals surface area contributed by atoms with E-state index in [9.17, 15) is 0 Å². The molecular formula is C43H49N3. The van der Waals surface area contributed by atoms with Gasteiger partial charge in [0, 0.05) is 36.1 Å². The lowest BCUT2D eigenvalue weighted by Crippen LogP contribution is -2.34. The van der Waals surface area contributed by atoms with Crippen LogP contribution in [0.1, 0.15) is 81.0 Å². The van der Waals surface area contributed by atoms with Gasteiger partial charge in [0.15, 0.2) is 0 Å². The Hall–Kier alpha value is -4.63. The molecule has 0 aliphatic carbocycles. The number of allylic oxidation sites excluding steroid dienone is 5. The summed E-state index contributed by atoms with van der Waals surface area (Å²) in [6.07, 6.45) is 11.3. The molecule has 1 heterocycles. The third-order valence-corrected chi connectivity index (χ3v) is 9.06. The Labute approximate surface area is 276 Å². The number of para-hydroxylation sites is 1. The van der Waals surface area contributed by atoms with Crippen LogP contribution >= 0.6 is 0 Å². The summed E-state index contributed by atoms with van der Waals surface area (Å²) in [5.41, 5.74) is 10.7. The van der Waals surface area contributed by atoms with Gasteiger partial charge in [-0.3, -0.25) is 4.99 Å². The molecule has 1 N–H and O–H groups in total. The normalized spacial score (nSPS) is 16.3. The topological polar surface area (TPSA) is 27.6 Å². The summed E-state index contributed by atoms with van der Waals surface area (Å²) < 4.78 is 0. The van der Waals surface area contributed by atoms with Crippen molar-refractivity contribution >= 4 is 33.5 Å². The highest BCUT2D eigenvalue weighted by molar-refractivity contribution is 6.10. The molecular weight excluding hydrogens is 558 g/mol. The fourth-order valence-electron chi connectivity index (χ4n) is 6.69. The van der Waals surface area contributed by atoms with E-state index >= 15 is 0 Å². The number of fused-ring (bicyclic) bond motifs is 2. The van der Waals surface area contributed by atoms with E-state index in [1.807, 2.05) is 19.1 Å². The number of aliphatic imine (C=N–C) groups is 1. The van der Waals surface area contributed by atoms with Crippen LogP contribution in [-0.2, 0) is 0 Å². The van der Waals surface area contributed by atoms with Crippen LogP contribution in [0.4, 0.5) is 17.1 Å². The number of hydrogen-bond donors (Lipinski definition) is 1. The monoisotopic (exact) mass is 607 g/mol. The van der Waals surface area contributed by atoms with E-state index in [0.717, 1.165) is 29.9 Å². The van der Waals surface area contributed by atoms with E-state index in [1.165, 1.54) is 44.4 Å². The average Bonchev–Trinajstić information content (AvgIpc) is 3.05. The molecule has 0 fully saturated rings. The molecule has 4 aromatic rings. The van der Waals surface area contributed by atoms with Crippen LogP contribution in [0.5, 0.6) is 0 Å². The highest BCUT2D eigenvalue weighted by Gasteiger charge is 2.30. The standard InChI is InChI=1S/C43H49N3/c1-9-17-31(7)18-15-25-40-38(36-21-13-14-22-37(36)39(10-2)44-40)28-46(8)41-27-26-32-19-11-12-20-35(32)43(41)45-42-33(29(3)4)23-16-24-34(42)30(5)6/h9-17,19-27,29-30,38,40,45H,2,7,18,28H2,1,3-6,8H3/b17-9-,25-15+. The van der Waals surface area contributed by atoms with Crippen molar-refractivity contribution in [1.29, 1.82) is 0 Å². The van der Waals surface area contributed by atoms with Gasteiger partial charge in [0.25, 0.3) is 0 Å². The first-order valence-electron chi connectivity index (χ1n) is 16.6. The summed E-state index contributed by atoms with van der Waals surface area (Å²) >= 11 is 0. The van der Waals surface area contributed by atoms with Crippen molar-refractivity contribution in [1.82, 2.24) is 0 Å². The number of benzene rings is 4. The zero-order valence-corrected chi connectivity index (χ0v) is 28.4. The fraction of sp³-hybridized carbons (Fsp3) is 0.279. The quantitative estimate of drug-likeness (QED) is 0.128. The molecule has 46 heavy (non-hydrogen) atoms. The van der Waals surface area contributed by atoms with Crippen LogP contribution in [0.2, 0.25) is 0 Å². The van der Waals surface area contributed by atoms with Gasteiger partial charge in [0.1, 0.15) is 0 Å². The zero-order valence-electron chi connectivity index (χ0n) is 28.4. The lowest BCUT2D eigenvalue weighted by molar-refractivity contribution is 0.596. The van der Waals surface area contributed by atoms with Crippen molar-refractivity contribution in [2.24, 2.45) is 4.99 Å². The second-order valence-electron chi connectivity index (χ2n) is 13.0. The first kappa shape index (κ1) is 32.8. The van der Waals surface area contributed by atoms with Gasteiger partial charge in [-0.05, 0) is 59.4 Å². The molecule has 0 saturated heterocycles. The molecule has 0 radical (unpaired) electrons.